The first kappa shape index (κ1) is 8.47. The van der Waals surface area contributed by atoms with Gasteiger partial charge < -0.3 is 0 Å². The quantitative estimate of drug-likeness (QED) is 0.741. The van der Waals surface area contributed by atoms with Gasteiger partial charge >= 0.3 is 0 Å². The van der Waals surface area contributed by atoms with Crippen molar-refractivity contribution in [3.63, 3.8) is 0 Å². The minimum Gasteiger partial charge on any atom is -0.244 e. The van der Waals surface area contributed by atoms with Crippen LogP contribution in [0.5, 0.6) is 0 Å². The molecule has 0 saturated heterocycles. The van der Waals surface area contributed by atoms with Gasteiger partial charge in [-0.1, -0.05) is 23.2 Å². The Hall–Kier alpha value is -1.13. The van der Waals surface area contributed by atoms with E-state index in [0.717, 1.165) is 0 Å². The molecule has 0 aromatic carbocycles. The monoisotopic (exact) mass is 214 g/mol. The van der Waals surface area contributed by atoms with Gasteiger partial charge in [0.2, 0.25) is 0 Å². The number of halogens is 2. The van der Waals surface area contributed by atoms with Crippen LogP contribution in [0.25, 0.3) is 11.3 Å². The van der Waals surface area contributed by atoms with Crippen LogP contribution in [0.3, 0.4) is 0 Å². The van der Waals surface area contributed by atoms with Gasteiger partial charge in [0.25, 0.3) is 0 Å². The Kier molecular flexibility index (Phi) is 2.16. The van der Waals surface area contributed by atoms with Crippen LogP contribution in [0.1, 0.15) is 0 Å². The van der Waals surface area contributed by atoms with Crippen molar-refractivity contribution in [2.75, 3.05) is 0 Å². The lowest BCUT2D eigenvalue weighted by Crippen LogP contribution is -1.83. The zero-order chi connectivity index (χ0) is 9.26. The molecule has 0 saturated carbocycles. The highest BCUT2D eigenvalue weighted by Gasteiger charge is 2.06. The minimum atomic E-state index is 0.359. The molecule has 0 amide bonds. The first-order valence-electron chi connectivity index (χ1n) is 3.44. The van der Waals surface area contributed by atoms with Gasteiger partial charge in [-0.25, -0.2) is 4.98 Å². The Bertz CT molecular complexity index is 412. The maximum atomic E-state index is 5.91. The van der Waals surface area contributed by atoms with E-state index >= 15 is 0 Å². The highest BCUT2D eigenvalue weighted by atomic mass is 35.5. The number of pyridine rings is 1. The lowest BCUT2D eigenvalue weighted by Gasteiger charge is -1.98. The molecule has 0 aliphatic heterocycles. The van der Waals surface area contributed by atoms with Gasteiger partial charge in [-0.3, -0.25) is 0 Å². The predicted octanol–water partition coefficient (Wildman–Crippen LogP) is 2.17. The average Bonchev–Trinajstić information content (AvgIpc) is 2.56. The second-order valence-corrected chi connectivity index (χ2v) is 3.14. The third kappa shape index (κ3) is 1.64. The molecule has 2 rings (SSSR count). The van der Waals surface area contributed by atoms with Crippen LogP contribution >= 0.6 is 23.2 Å². The van der Waals surface area contributed by atoms with Crippen molar-refractivity contribution in [1.29, 1.82) is 0 Å². The van der Waals surface area contributed by atoms with Gasteiger partial charge in [0.05, 0.1) is 11.2 Å². The topological polar surface area (TPSA) is 54.5 Å². The molecule has 0 bridgehead atoms. The van der Waals surface area contributed by atoms with Crippen LogP contribution in [-0.4, -0.2) is 20.4 Å². The summed E-state index contributed by atoms with van der Waals surface area (Å²) in [6.07, 6.45) is 3.12. The number of nitrogens with one attached hydrogen (secondary N) is 1. The van der Waals surface area contributed by atoms with E-state index in [-0.39, 0.29) is 0 Å². The van der Waals surface area contributed by atoms with Crippen molar-refractivity contribution in [2.24, 2.45) is 0 Å². The summed E-state index contributed by atoms with van der Waals surface area (Å²) in [7, 11) is 0. The fourth-order valence-corrected chi connectivity index (χ4v) is 1.39. The first-order chi connectivity index (χ1) is 6.27. The van der Waals surface area contributed by atoms with Crippen molar-refractivity contribution < 1.29 is 0 Å². The molecular weight excluding hydrogens is 211 g/mol. The summed E-state index contributed by atoms with van der Waals surface area (Å²) in [5, 5.41) is 10.9. The first-order valence-corrected chi connectivity index (χ1v) is 4.20. The third-order valence-electron chi connectivity index (χ3n) is 1.51. The molecule has 0 spiro atoms. The Balaban J connectivity index is 2.53. The molecule has 0 radical (unpaired) electrons. The molecule has 2 heterocycles. The molecule has 0 aliphatic rings. The Morgan fingerprint density at radius 1 is 1.23 bits per heavy atom. The van der Waals surface area contributed by atoms with E-state index in [1.54, 1.807) is 18.5 Å². The Morgan fingerprint density at radius 2 is 2.08 bits per heavy atom. The summed E-state index contributed by atoms with van der Waals surface area (Å²) in [5.41, 5.74) is 1.36. The van der Waals surface area contributed by atoms with Gasteiger partial charge in [0.15, 0.2) is 0 Å². The molecule has 1 N–H and O–H groups in total. The lowest BCUT2D eigenvalue weighted by molar-refractivity contribution is 0.942. The fraction of sp³-hybridized carbons (Fsp3) is 0. The lowest BCUT2D eigenvalue weighted by atomic mass is 10.2. The molecule has 0 unspecified atom stereocenters. The van der Waals surface area contributed by atoms with E-state index in [4.69, 9.17) is 23.2 Å². The third-order valence-corrected chi connectivity index (χ3v) is 2.03. The molecule has 6 heteroatoms. The van der Waals surface area contributed by atoms with Crippen LogP contribution in [0.4, 0.5) is 0 Å². The van der Waals surface area contributed by atoms with Gasteiger partial charge in [-0.15, -0.1) is 0 Å². The smallest absolute Gasteiger partial charge is 0.130 e. The van der Waals surface area contributed by atoms with Gasteiger partial charge in [-0.2, -0.15) is 15.4 Å². The van der Waals surface area contributed by atoms with Gasteiger partial charge in [0.1, 0.15) is 10.8 Å². The van der Waals surface area contributed by atoms with E-state index in [1.807, 2.05) is 0 Å². The molecule has 13 heavy (non-hydrogen) atoms. The largest absolute Gasteiger partial charge is 0.244 e. The molecule has 0 fully saturated rings. The molecule has 66 valence electrons. The van der Waals surface area contributed by atoms with E-state index in [0.29, 0.717) is 21.4 Å². The Morgan fingerprint density at radius 3 is 2.69 bits per heavy atom. The minimum absolute atomic E-state index is 0.359. The van der Waals surface area contributed by atoms with E-state index < -0.39 is 0 Å². The molecule has 4 nitrogen and oxygen atoms in total. The number of rotatable bonds is 1. The van der Waals surface area contributed by atoms with Gasteiger partial charge in [-0.05, 0) is 6.07 Å². The number of aromatic nitrogens is 4. The number of hydrogen-bond acceptors (Lipinski definition) is 3. The summed E-state index contributed by atoms with van der Waals surface area (Å²) in [6.45, 7) is 0. The number of nitrogens with zero attached hydrogens (tertiary/aromatic N) is 3. The van der Waals surface area contributed by atoms with Crippen LogP contribution < -0.4 is 0 Å². The summed E-state index contributed by atoms with van der Waals surface area (Å²) < 4.78 is 0. The van der Waals surface area contributed by atoms with Crippen LogP contribution in [-0.2, 0) is 0 Å². The van der Waals surface area contributed by atoms with E-state index in [1.165, 1.54) is 0 Å². The predicted molar refractivity (Wildman–Crippen MR) is 49.6 cm³/mol. The van der Waals surface area contributed by atoms with Crippen molar-refractivity contribution in [1.82, 2.24) is 20.4 Å². The summed E-state index contributed by atoms with van der Waals surface area (Å²) in [5.74, 6) is 0. The zero-order valence-electron chi connectivity index (χ0n) is 6.33. The summed E-state index contributed by atoms with van der Waals surface area (Å²) in [4.78, 5) is 3.90. The highest BCUT2D eigenvalue weighted by Crippen LogP contribution is 2.26. The summed E-state index contributed by atoms with van der Waals surface area (Å²) in [6, 6.07) is 1.56. The van der Waals surface area contributed by atoms with Crippen molar-refractivity contribution >= 4 is 23.2 Å². The second kappa shape index (κ2) is 3.32. The van der Waals surface area contributed by atoms with Crippen LogP contribution in [0.15, 0.2) is 18.5 Å². The second-order valence-electron chi connectivity index (χ2n) is 2.34. The zero-order valence-corrected chi connectivity index (χ0v) is 7.84. The molecular formula is C7H4Cl2N4. The van der Waals surface area contributed by atoms with Crippen LogP contribution in [0.2, 0.25) is 10.2 Å². The van der Waals surface area contributed by atoms with Crippen molar-refractivity contribution in [3.05, 3.63) is 28.6 Å². The molecule has 2 aromatic heterocycles. The highest BCUT2D eigenvalue weighted by molar-refractivity contribution is 6.35. The fourth-order valence-electron chi connectivity index (χ4n) is 0.927. The maximum Gasteiger partial charge on any atom is 0.130 e. The van der Waals surface area contributed by atoms with Crippen molar-refractivity contribution in [3.8, 4) is 11.3 Å². The normalized spacial score (nSPS) is 10.3. The molecule has 0 aliphatic carbocycles. The Labute approximate surface area is 83.9 Å². The number of hydrogen-bond donors (Lipinski definition) is 1. The SMILES string of the molecule is Clc1cc(Cl)c(-c2cn[nH]n2)cn1. The van der Waals surface area contributed by atoms with Gasteiger partial charge in [0, 0.05) is 11.8 Å². The average molecular weight is 215 g/mol. The van der Waals surface area contributed by atoms with Crippen LogP contribution in [0, 0.1) is 0 Å². The van der Waals surface area contributed by atoms with Crippen molar-refractivity contribution in [2.45, 2.75) is 0 Å². The summed E-state index contributed by atoms with van der Waals surface area (Å²) >= 11 is 11.6. The number of H-pyrrole nitrogens is 1. The molecule has 0 atom stereocenters. The number of aromatic amines is 1. The van der Waals surface area contributed by atoms with E-state index in [2.05, 4.69) is 20.4 Å². The molecule has 2 aromatic rings. The van der Waals surface area contributed by atoms with E-state index in [9.17, 15) is 0 Å². The maximum absolute atomic E-state index is 5.91. The standard InChI is InChI=1S/C7H4Cl2N4/c8-5-1-7(9)10-2-4(5)6-3-11-13-12-6/h1-3H,(H,11,12,13).